The first-order chi connectivity index (χ1) is 13.1. The average Bonchev–Trinajstić information content (AvgIpc) is 3.01. The maximum absolute atomic E-state index is 13.1. The lowest BCUT2D eigenvalue weighted by atomic mass is 10.1. The van der Waals surface area contributed by atoms with Crippen molar-refractivity contribution in [2.24, 2.45) is 0 Å². The molecule has 9 nitrogen and oxygen atoms in total. The monoisotopic (exact) mass is 431 g/mol. The van der Waals surface area contributed by atoms with E-state index in [-0.39, 0.29) is 35.1 Å². The van der Waals surface area contributed by atoms with E-state index < -0.39 is 31.8 Å². The van der Waals surface area contributed by atoms with Crippen molar-refractivity contribution in [2.45, 2.75) is 17.4 Å². The van der Waals surface area contributed by atoms with Crippen LogP contribution in [0.3, 0.4) is 0 Å². The first kappa shape index (κ1) is 21.2. The van der Waals surface area contributed by atoms with Crippen LogP contribution >= 0.6 is 0 Å². The zero-order valence-electron chi connectivity index (χ0n) is 15.9. The Hall–Kier alpha value is -1.53. The summed E-state index contributed by atoms with van der Waals surface area (Å²) >= 11 is 0. The molecule has 1 atom stereocenters. The molecule has 1 aromatic carbocycles. The average molecular weight is 432 g/mol. The molecule has 1 unspecified atom stereocenters. The number of amides is 1. The maximum Gasteiger partial charge on any atom is 0.268 e. The zero-order valence-corrected chi connectivity index (χ0v) is 17.6. The van der Waals surface area contributed by atoms with Crippen LogP contribution in [0.5, 0.6) is 0 Å². The van der Waals surface area contributed by atoms with Crippen LogP contribution in [0.1, 0.15) is 16.8 Å². The Kier molecular flexibility index (Phi) is 6.11. The molecular weight excluding hydrogens is 406 g/mol. The molecule has 2 heterocycles. The molecule has 28 heavy (non-hydrogen) atoms. The normalized spacial score (nSPS) is 23.0. The third kappa shape index (κ3) is 4.38. The van der Waals surface area contributed by atoms with Gasteiger partial charge in [0.1, 0.15) is 0 Å². The summed E-state index contributed by atoms with van der Waals surface area (Å²) in [6, 6.07) is 5.42. The molecule has 0 aliphatic carbocycles. The first-order valence-electron chi connectivity index (χ1n) is 9.01. The van der Waals surface area contributed by atoms with E-state index in [1.807, 2.05) is 0 Å². The fraction of sp³-hybridized carbons (Fsp3) is 0.588. The lowest BCUT2D eigenvalue weighted by Gasteiger charge is -2.34. The Labute approximate surface area is 165 Å². The summed E-state index contributed by atoms with van der Waals surface area (Å²) in [7, 11) is -3.57. The van der Waals surface area contributed by atoms with Crippen LogP contribution in [-0.2, 0) is 24.6 Å². The minimum atomic E-state index is -3.73. The van der Waals surface area contributed by atoms with Gasteiger partial charge in [0.2, 0.25) is 10.0 Å². The molecule has 156 valence electrons. The quantitative estimate of drug-likeness (QED) is 0.595. The van der Waals surface area contributed by atoms with Crippen molar-refractivity contribution in [1.29, 1.82) is 0 Å². The largest absolute Gasteiger partial charge is 0.379 e. The number of benzene rings is 1. The molecule has 11 heteroatoms. The Bertz CT molecular complexity index is 939. The highest BCUT2D eigenvalue weighted by Crippen LogP contribution is 2.23. The second-order valence-electron chi connectivity index (χ2n) is 7.10. The first-order valence-corrected chi connectivity index (χ1v) is 12.3. The van der Waals surface area contributed by atoms with E-state index in [0.717, 1.165) is 0 Å². The van der Waals surface area contributed by atoms with Gasteiger partial charge in [-0.3, -0.25) is 9.80 Å². The standard InChI is InChI=1S/C17H25N3O6S2/c1-18(2)20(15-6-11-27(22,23)13-15)17(21)14-4-3-5-16(12-14)28(24,25)19-7-9-26-10-8-19/h3-5,12,15H,6-11,13H2,1-2H3. The van der Waals surface area contributed by atoms with Gasteiger partial charge in [0.05, 0.1) is 35.7 Å². The second kappa shape index (κ2) is 8.07. The van der Waals surface area contributed by atoms with E-state index in [0.29, 0.717) is 19.6 Å². The number of carbonyl (C=O) groups excluding carboxylic acids is 1. The minimum absolute atomic E-state index is 0.0398. The van der Waals surface area contributed by atoms with Crippen molar-refractivity contribution in [2.75, 3.05) is 51.9 Å². The van der Waals surface area contributed by atoms with Crippen LogP contribution in [0.15, 0.2) is 29.2 Å². The summed E-state index contributed by atoms with van der Waals surface area (Å²) in [5, 5.41) is 2.95. The van der Waals surface area contributed by atoms with Gasteiger partial charge in [0.15, 0.2) is 9.84 Å². The summed E-state index contributed by atoms with van der Waals surface area (Å²) in [4.78, 5) is 13.1. The van der Waals surface area contributed by atoms with Crippen LogP contribution in [0, 0.1) is 0 Å². The molecule has 2 aliphatic heterocycles. The summed E-state index contributed by atoms with van der Waals surface area (Å²) in [6.07, 6.45) is 0.359. The molecule has 0 radical (unpaired) electrons. The van der Waals surface area contributed by atoms with Gasteiger partial charge in [-0.25, -0.2) is 21.8 Å². The molecule has 2 fully saturated rings. The summed E-state index contributed by atoms with van der Waals surface area (Å²) in [6.45, 7) is 1.21. The van der Waals surface area contributed by atoms with Gasteiger partial charge in [0.25, 0.3) is 5.91 Å². The Balaban J connectivity index is 1.88. The molecule has 0 saturated carbocycles. The third-order valence-electron chi connectivity index (χ3n) is 4.88. The van der Waals surface area contributed by atoms with Gasteiger partial charge >= 0.3 is 0 Å². The number of morpholine rings is 1. The second-order valence-corrected chi connectivity index (χ2v) is 11.3. The van der Waals surface area contributed by atoms with E-state index in [9.17, 15) is 21.6 Å². The van der Waals surface area contributed by atoms with Crippen molar-refractivity contribution in [3.8, 4) is 0 Å². The molecule has 0 N–H and O–H groups in total. The molecule has 0 spiro atoms. The van der Waals surface area contributed by atoms with Crippen LogP contribution in [0.25, 0.3) is 0 Å². The lowest BCUT2D eigenvalue weighted by Crippen LogP contribution is -2.49. The predicted octanol–water partition coefficient (Wildman–Crippen LogP) is -0.187. The molecule has 3 rings (SSSR count). The van der Waals surface area contributed by atoms with Crippen LogP contribution in [0.2, 0.25) is 0 Å². The van der Waals surface area contributed by atoms with Crippen LogP contribution < -0.4 is 0 Å². The van der Waals surface area contributed by atoms with Gasteiger partial charge in [-0.05, 0) is 24.6 Å². The number of hydrogen-bond donors (Lipinski definition) is 0. The number of carbonyl (C=O) groups is 1. The van der Waals surface area contributed by atoms with E-state index in [1.54, 1.807) is 25.2 Å². The van der Waals surface area contributed by atoms with Gasteiger partial charge in [-0.1, -0.05) is 6.07 Å². The highest BCUT2D eigenvalue weighted by atomic mass is 32.2. The third-order valence-corrected chi connectivity index (χ3v) is 8.53. The fourth-order valence-corrected chi connectivity index (χ4v) is 6.65. The van der Waals surface area contributed by atoms with Gasteiger partial charge in [-0.2, -0.15) is 4.31 Å². The predicted molar refractivity (Wildman–Crippen MR) is 103 cm³/mol. The van der Waals surface area contributed by atoms with E-state index >= 15 is 0 Å². The van der Waals surface area contributed by atoms with E-state index in [2.05, 4.69) is 0 Å². The van der Waals surface area contributed by atoms with Gasteiger partial charge in [0, 0.05) is 32.7 Å². The Morgan fingerprint density at radius 3 is 2.46 bits per heavy atom. The van der Waals surface area contributed by atoms with Crippen molar-refractivity contribution < 1.29 is 26.4 Å². The Morgan fingerprint density at radius 1 is 1.21 bits per heavy atom. The highest BCUT2D eigenvalue weighted by molar-refractivity contribution is 7.91. The number of hydrazine groups is 1. The SMILES string of the molecule is CN(C)N(C(=O)c1cccc(S(=O)(=O)N2CCOCC2)c1)C1CCS(=O)(=O)C1. The van der Waals surface area contributed by atoms with E-state index in [1.165, 1.54) is 27.5 Å². The number of sulfone groups is 1. The fourth-order valence-electron chi connectivity index (χ4n) is 3.50. The number of rotatable bonds is 5. The molecular formula is C17H25N3O6S2. The number of sulfonamides is 1. The molecule has 2 aliphatic rings. The van der Waals surface area contributed by atoms with E-state index in [4.69, 9.17) is 4.74 Å². The maximum atomic E-state index is 13.1. The van der Waals surface area contributed by atoms with Gasteiger partial charge < -0.3 is 4.74 Å². The summed E-state index contributed by atoms with van der Waals surface area (Å²) < 4.78 is 55.9. The Morgan fingerprint density at radius 2 is 1.89 bits per heavy atom. The zero-order chi connectivity index (χ0) is 20.5. The lowest BCUT2D eigenvalue weighted by molar-refractivity contribution is 0.000985. The van der Waals surface area contributed by atoms with Crippen LogP contribution in [0.4, 0.5) is 0 Å². The summed E-state index contributed by atoms with van der Waals surface area (Å²) in [5.41, 5.74) is 0.201. The smallest absolute Gasteiger partial charge is 0.268 e. The highest BCUT2D eigenvalue weighted by Gasteiger charge is 2.37. The number of ether oxygens (including phenoxy) is 1. The van der Waals surface area contributed by atoms with Crippen molar-refractivity contribution in [3.63, 3.8) is 0 Å². The molecule has 1 amide bonds. The van der Waals surface area contributed by atoms with Gasteiger partial charge in [-0.15, -0.1) is 0 Å². The van der Waals surface area contributed by atoms with Crippen molar-refractivity contribution in [1.82, 2.24) is 14.3 Å². The van der Waals surface area contributed by atoms with Crippen molar-refractivity contribution >= 4 is 25.8 Å². The molecule has 2 saturated heterocycles. The number of nitrogens with zero attached hydrogens (tertiary/aromatic N) is 3. The van der Waals surface area contributed by atoms with Crippen LogP contribution in [-0.4, -0.2) is 95.0 Å². The minimum Gasteiger partial charge on any atom is -0.379 e. The van der Waals surface area contributed by atoms with Crippen molar-refractivity contribution in [3.05, 3.63) is 29.8 Å². The molecule has 0 bridgehead atoms. The summed E-state index contributed by atoms with van der Waals surface area (Å²) in [5.74, 6) is -0.477. The molecule has 0 aromatic heterocycles. The molecule has 1 aromatic rings. The topological polar surface area (TPSA) is 104 Å². The number of hydrogen-bond acceptors (Lipinski definition) is 7.